The molecule has 2 rings (SSSR count). The highest BCUT2D eigenvalue weighted by atomic mass is 35.5. The van der Waals surface area contributed by atoms with Gasteiger partial charge in [-0.1, -0.05) is 38.8 Å². The Morgan fingerprint density at radius 3 is 2.69 bits per heavy atom. The van der Waals surface area contributed by atoms with E-state index in [1.54, 1.807) is 18.2 Å². The summed E-state index contributed by atoms with van der Waals surface area (Å²) in [7, 11) is -3.61. The highest BCUT2D eigenvalue weighted by Gasteiger charge is 2.31. The van der Waals surface area contributed by atoms with Gasteiger partial charge < -0.3 is 11.1 Å². The number of nitrogens with two attached hydrogens (primary N) is 1. The van der Waals surface area contributed by atoms with Crippen molar-refractivity contribution in [2.24, 2.45) is 16.6 Å². The van der Waals surface area contributed by atoms with E-state index < -0.39 is 16.1 Å². The number of aliphatic imine (C=N–C) groups is 1. The molecular weight excluding hydrogens is 376 g/mol. The first-order valence-electron chi connectivity index (χ1n) is 8.56. The van der Waals surface area contributed by atoms with E-state index >= 15 is 0 Å². The number of fused-ring (bicyclic) bond motifs is 1. The molecule has 0 bridgehead atoms. The molecule has 0 aliphatic carbocycles. The molecule has 1 aliphatic heterocycles. The Morgan fingerprint density at radius 2 is 2.04 bits per heavy atom. The number of rotatable bonds is 8. The maximum absolute atomic E-state index is 12.5. The Bertz CT molecular complexity index is 752. The van der Waals surface area contributed by atoms with Crippen LogP contribution in [-0.4, -0.2) is 39.3 Å². The molecule has 146 valence electrons. The number of hydrogen-bond donors (Lipinski definition) is 3. The molecule has 2 atom stereocenters. The van der Waals surface area contributed by atoms with Crippen LogP contribution in [0.4, 0.5) is 0 Å². The second-order valence-electron chi connectivity index (χ2n) is 6.32. The highest BCUT2D eigenvalue weighted by Crippen LogP contribution is 2.23. The maximum Gasteiger partial charge on any atom is 0.263 e. The normalized spacial score (nSPS) is 18.3. The summed E-state index contributed by atoms with van der Waals surface area (Å²) in [6, 6.07) is 6.01. The fourth-order valence-corrected chi connectivity index (χ4v) is 3.75. The second-order valence-corrected chi connectivity index (χ2v) is 7.97. The molecule has 4 N–H and O–H groups in total. The van der Waals surface area contributed by atoms with Crippen LogP contribution in [0.2, 0.25) is 0 Å². The molecule has 0 saturated heterocycles. The van der Waals surface area contributed by atoms with Crippen molar-refractivity contribution in [3.63, 3.8) is 0 Å². The standard InChI is InChI=1S/C17H26N4O3S.ClH/c1-3-4-8-14(17(22)19-11-12(2)10-18)20-16-13-7-5-6-9-15(13)25(23,24)21-16;/h5-7,9,12,14H,3-4,8,10-11,18H2,1-2H3,(H,19,22)(H,20,21);1H. The zero-order valence-corrected chi connectivity index (χ0v) is 16.7. The molecule has 26 heavy (non-hydrogen) atoms. The topological polar surface area (TPSA) is 114 Å². The Labute approximate surface area is 161 Å². The molecule has 0 radical (unpaired) electrons. The van der Waals surface area contributed by atoms with Crippen LogP contribution in [0.5, 0.6) is 0 Å². The first kappa shape index (κ1) is 22.4. The summed E-state index contributed by atoms with van der Waals surface area (Å²) in [6.45, 7) is 4.95. The SMILES string of the molecule is CCCCC(N=C1NS(=O)(=O)c2ccccc21)C(=O)NCC(C)CN.Cl. The van der Waals surface area contributed by atoms with Gasteiger partial charge in [-0.05, 0) is 31.0 Å². The molecule has 9 heteroatoms. The zero-order valence-electron chi connectivity index (χ0n) is 15.1. The summed E-state index contributed by atoms with van der Waals surface area (Å²) in [5.41, 5.74) is 6.08. The molecule has 7 nitrogen and oxygen atoms in total. The number of amides is 1. The van der Waals surface area contributed by atoms with Crippen molar-refractivity contribution in [2.75, 3.05) is 13.1 Å². The molecule has 2 unspecified atom stereocenters. The van der Waals surface area contributed by atoms with Gasteiger partial charge in [0.15, 0.2) is 0 Å². The van der Waals surface area contributed by atoms with E-state index in [0.717, 1.165) is 12.8 Å². The molecule has 1 heterocycles. The fraction of sp³-hybridized carbons (Fsp3) is 0.529. The van der Waals surface area contributed by atoms with Crippen LogP contribution in [-0.2, 0) is 14.8 Å². The lowest BCUT2D eigenvalue weighted by Crippen LogP contribution is -2.38. The van der Waals surface area contributed by atoms with Crippen molar-refractivity contribution < 1.29 is 13.2 Å². The van der Waals surface area contributed by atoms with Gasteiger partial charge in [0.25, 0.3) is 10.0 Å². The van der Waals surface area contributed by atoms with E-state index in [1.165, 1.54) is 6.07 Å². The number of unbranched alkanes of at least 4 members (excludes halogenated alkanes) is 1. The van der Waals surface area contributed by atoms with Crippen molar-refractivity contribution >= 4 is 34.2 Å². The van der Waals surface area contributed by atoms with Gasteiger partial charge in [0, 0.05) is 12.1 Å². The van der Waals surface area contributed by atoms with Crippen LogP contribution in [0.1, 0.15) is 38.7 Å². The van der Waals surface area contributed by atoms with E-state index in [0.29, 0.717) is 25.1 Å². The third-order valence-corrected chi connectivity index (χ3v) is 5.51. The number of amidine groups is 1. The van der Waals surface area contributed by atoms with Crippen LogP contribution in [0, 0.1) is 5.92 Å². The Kier molecular flexibility index (Phi) is 8.52. The highest BCUT2D eigenvalue weighted by molar-refractivity contribution is 7.90. The predicted molar refractivity (Wildman–Crippen MR) is 105 cm³/mol. The minimum Gasteiger partial charge on any atom is -0.354 e. The number of sulfonamides is 1. The molecule has 1 aromatic carbocycles. The van der Waals surface area contributed by atoms with Gasteiger partial charge in [-0.25, -0.2) is 8.42 Å². The third-order valence-electron chi connectivity index (χ3n) is 4.11. The van der Waals surface area contributed by atoms with Crippen molar-refractivity contribution in [1.29, 1.82) is 0 Å². The van der Waals surface area contributed by atoms with Gasteiger partial charge >= 0.3 is 0 Å². The number of benzene rings is 1. The number of carbonyl (C=O) groups excluding carboxylic acids is 1. The predicted octanol–water partition coefficient (Wildman–Crippen LogP) is 1.42. The number of halogens is 1. The summed E-state index contributed by atoms with van der Waals surface area (Å²) in [5, 5.41) is 2.86. The summed E-state index contributed by atoms with van der Waals surface area (Å²) >= 11 is 0. The van der Waals surface area contributed by atoms with Crippen LogP contribution < -0.4 is 15.8 Å². The number of nitrogens with zero attached hydrogens (tertiary/aromatic N) is 1. The van der Waals surface area contributed by atoms with Gasteiger partial charge in [-0.15, -0.1) is 12.4 Å². The first-order chi connectivity index (χ1) is 11.9. The van der Waals surface area contributed by atoms with Crippen LogP contribution in [0.25, 0.3) is 0 Å². The summed E-state index contributed by atoms with van der Waals surface area (Å²) in [4.78, 5) is 17.1. The molecule has 0 saturated carbocycles. The van der Waals surface area contributed by atoms with Crippen molar-refractivity contribution in [3.8, 4) is 0 Å². The van der Waals surface area contributed by atoms with Gasteiger partial charge in [0.1, 0.15) is 11.9 Å². The molecule has 1 aliphatic rings. The largest absolute Gasteiger partial charge is 0.354 e. The van der Waals surface area contributed by atoms with E-state index in [9.17, 15) is 13.2 Å². The van der Waals surface area contributed by atoms with Crippen molar-refractivity contribution in [3.05, 3.63) is 29.8 Å². The lowest BCUT2D eigenvalue weighted by Gasteiger charge is -2.16. The summed E-state index contributed by atoms with van der Waals surface area (Å²) in [5.74, 6) is 0.206. The van der Waals surface area contributed by atoms with E-state index in [2.05, 4.69) is 15.0 Å². The molecule has 1 aromatic rings. The minimum absolute atomic E-state index is 0. The van der Waals surface area contributed by atoms with E-state index in [4.69, 9.17) is 5.73 Å². The minimum atomic E-state index is -3.61. The smallest absolute Gasteiger partial charge is 0.263 e. The first-order valence-corrected chi connectivity index (χ1v) is 10.0. The lowest BCUT2D eigenvalue weighted by molar-refractivity contribution is -0.122. The zero-order chi connectivity index (χ0) is 18.4. The average Bonchev–Trinajstić information content (AvgIpc) is 2.87. The monoisotopic (exact) mass is 402 g/mol. The number of hydrogen-bond acceptors (Lipinski definition) is 5. The Balaban J connectivity index is 0.00000338. The van der Waals surface area contributed by atoms with Crippen LogP contribution in [0.3, 0.4) is 0 Å². The summed E-state index contributed by atoms with van der Waals surface area (Å²) in [6.07, 6.45) is 2.32. The van der Waals surface area contributed by atoms with Crippen molar-refractivity contribution in [1.82, 2.24) is 10.0 Å². The molecule has 1 amide bonds. The fourth-order valence-electron chi connectivity index (χ4n) is 2.51. The van der Waals surface area contributed by atoms with Gasteiger partial charge in [0.05, 0.1) is 4.90 Å². The van der Waals surface area contributed by atoms with Gasteiger partial charge in [0.2, 0.25) is 5.91 Å². The second kappa shape index (κ2) is 9.89. The molecule has 0 spiro atoms. The third kappa shape index (κ3) is 5.43. The molecular formula is C17H27ClN4O3S. The van der Waals surface area contributed by atoms with Crippen LogP contribution >= 0.6 is 12.4 Å². The lowest BCUT2D eigenvalue weighted by atomic mass is 10.1. The molecule has 0 fully saturated rings. The Morgan fingerprint density at radius 1 is 1.35 bits per heavy atom. The quantitative estimate of drug-likeness (QED) is 0.610. The molecule has 0 aromatic heterocycles. The van der Waals surface area contributed by atoms with E-state index in [-0.39, 0.29) is 35.0 Å². The van der Waals surface area contributed by atoms with Crippen LogP contribution in [0.15, 0.2) is 34.2 Å². The van der Waals surface area contributed by atoms with Gasteiger partial charge in [-0.3, -0.25) is 14.5 Å². The summed E-state index contributed by atoms with van der Waals surface area (Å²) < 4.78 is 26.8. The van der Waals surface area contributed by atoms with E-state index in [1.807, 2.05) is 13.8 Å². The van der Waals surface area contributed by atoms with Crippen molar-refractivity contribution in [2.45, 2.75) is 44.0 Å². The Hall–Kier alpha value is -1.64. The number of carbonyl (C=O) groups is 1. The maximum atomic E-state index is 12.5. The average molecular weight is 403 g/mol. The number of nitrogens with one attached hydrogen (secondary N) is 2. The van der Waals surface area contributed by atoms with Gasteiger partial charge in [-0.2, -0.15) is 0 Å².